The van der Waals surface area contributed by atoms with Crippen LogP contribution in [0.1, 0.15) is 29.4 Å². The van der Waals surface area contributed by atoms with Crippen molar-refractivity contribution in [2.45, 2.75) is 26.3 Å². The second-order valence-corrected chi connectivity index (χ2v) is 9.86. The van der Waals surface area contributed by atoms with Gasteiger partial charge in [-0.3, -0.25) is 9.59 Å². The van der Waals surface area contributed by atoms with E-state index in [0.717, 1.165) is 11.3 Å². The molecule has 1 N–H and O–H groups in total. The number of nitrogens with zero attached hydrogens (tertiary/aromatic N) is 2. The number of thioether (sulfide) groups is 1. The second kappa shape index (κ2) is 12.0. The van der Waals surface area contributed by atoms with Gasteiger partial charge in [0.15, 0.2) is 5.69 Å². The Hall–Kier alpha value is -2.19. The molecule has 180 valence electrons. The first-order chi connectivity index (χ1) is 16.2. The number of carbonyl (C=O) groups excluding carboxylic acids is 2. The molecule has 1 heterocycles. The van der Waals surface area contributed by atoms with Gasteiger partial charge in [0.2, 0.25) is 0 Å². The molecule has 3 rings (SSSR count). The maximum Gasteiger partial charge on any atom is 0.302 e. The topological polar surface area (TPSA) is 73.2 Å². The van der Waals surface area contributed by atoms with Crippen LogP contribution >= 0.6 is 46.6 Å². The van der Waals surface area contributed by atoms with Crippen molar-refractivity contribution in [1.82, 2.24) is 15.1 Å². The monoisotopic (exact) mass is 539 g/mol. The molecule has 0 aliphatic rings. The quantitative estimate of drug-likeness (QED) is 0.326. The lowest BCUT2D eigenvalue weighted by Gasteiger charge is -2.17. The minimum absolute atomic E-state index is 0.0917. The number of hydrogen-bond donors (Lipinski definition) is 1. The Morgan fingerprint density at radius 1 is 1.12 bits per heavy atom. The van der Waals surface area contributed by atoms with E-state index >= 15 is 0 Å². The van der Waals surface area contributed by atoms with Gasteiger partial charge >= 0.3 is 5.97 Å². The van der Waals surface area contributed by atoms with Crippen LogP contribution in [-0.4, -0.2) is 46.3 Å². The van der Waals surface area contributed by atoms with Crippen molar-refractivity contribution in [1.29, 1.82) is 0 Å². The van der Waals surface area contributed by atoms with Gasteiger partial charge in [-0.25, -0.2) is 4.68 Å². The van der Waals surface area contributed by atoms with E-state index in [1.807, 2.05) is 25.3 Å². The van der Waals surface area contributed by atoms with E-state index in [-0.39, 0.29) is 24.2 Å². The fourth-order valence-electron chi connectivity index (χ4n) is 3.41. The smallest absolute Gasteiger partial charge is 0.302 e. The molecule has 0 saturated heterocycles. The van der Waals surface area contributed by atoms with Gasteiger partial charge in [-0.05, 0) is 55.7 Å². The predicted molar refractivity (Wildman–Crippen MR) is 140 cm³/mol. The molecule has 0 spiro atoms. The highest BCUT2D eigenvalue weighted by Gasteiger charge is 2.25. The Morgan fingerprint density at radius 3 is 2.41 bits per heavy atom. The zero-order chi connectivity index (χ0) is 24.8. The second-order valence-electron chi connectivity index (χ2n) is 7.59. The summed E-state index contributed by atoms with van der Waals surface area (Å²) in [7, 11) is 0. The first-order valence-electron chi connectivity index (χ1n) is 10.5. The van der Waals surface area contributed by atoms with Gasteiger partial charge in [-0.15, -0.1) is 0 Å². The zero-order valence-corrected chi connectivity index (χ0v) is 22.0. The normalized spacial score (nSPS) is 11.8. The third-order valence-electron chi connectivity index (χ3n) is 5.09. The number of rotatable bonds is 9. The summed E-state index contributed by atoms with van der Waals surface area (Å²) in [6.45, 7) is 3.26. The molecule has 0 aliphatic heterocycles. The van der Waals surface area contributed by atoms with E-state index in [0.29, 0.717) is 38.4 Å². The Bertz CT molecular complexity index is 1180. The van der Waals surface area contributed by atoms with E-state index in [1.165, 1.54) is 6.92 Å². The molecule has 0 fully saturated rings. The molecule has 34 heavy (non-hydrogen) atoms. The standard InChI is InChI=1S/C24H24Cl3N3O3S/c1-14-22(24(32)28-19(10-11-34-3)13-33-15(2)31)29-30(21-9-8-18(26)12-20(21)27)23(14)16-4-6-17(25)7-5-16/h4-9,12,19H,10-11,13H2,1-3H3,(H,28,32)/t19-/m0/s1. The Labute approximate surface area is 217 Å². The molecule has 0 bridgehead atoms. The van der Waals surface area contributed by atoms with Crippen molar-refractivity contribution in [3.8, 4) is 16.9 Å². The van der Waals surface area contributed by atoms with Gasteiger partial charge in [0.25, 0.3) is 5.91 Å². The third kappa shape index (κ3) is 6.48. The predicted octanol–water partition coefficient (Wildman–Crippen LogP) is 6.22. The van der Waals surface area contributed by atoms with Crippen molar-refractivity contribution in [2.24, 2.45) is 0 Å². The van der Waals surface area contributed by atoms with Crippen molar-refractivity contribution in [2.75, 3.05) is 18.6 Å². The highest BCUT2D eigenvalue weighted by Crippen LogP contribution is 2.33. The summed E-state index contributed by atoms with van der Waals surface area (Å²) in [6, 6.07) is 12.0. The average Bonchev–Trinajstić information content (AvgIpc) is 3.13. The molecule has 10 heteroatoms. The van der Waals surface area contributed by atoms with Crippen LogP contribution in [0.3, 0.4) is 0 Å². The van der Waals surface area contributed by atoms with Gasteiger partial charge in [0, 0.05) is 28.1 Å². The van der Waals surface area contributed by atoms with Crippen molar-refractivity contribution >= 4 is 58.4 Å². The Kier molecular flexibility index (Phi) is 9.31. The van der Waals surface area contributed by atoms with Crippen LogP contribution < -0.4 is 5.32 Å². The van der Waals surface area contributed by atoms with Gasteiger partial charge in [-0.1, -0.05) is 46.9 Å². The van der Waals surface area contributed by atoms with Gasteiger partial charge in [0.1, 0.15) is 6.61 Å². The van der Waals surface area contributed by atoms with Crippen LogP contribution in [0.2, 0.25) is 15.1 Å². The fourth-order valence-corrected chi connectivity index (χ4v) is 4.55. The summed E-state index contributed by atoms with van der Waals surface area (Å²) in [5.74, 6) is 0.0387. The van der Waals surface area contributed by atoms with Crippen LogP contribution in [0.25, 0.3) is 16.9 Å². The van der Waals surface area contributed by atoms with E-state index in [9.17, 15) is 9.59 Å². The number of aromatic nitrogens is 2. The van der Waals surface area contributed by atoms with E-state index < -0.39 is 5.97 Å². The molecular formula is C24H24Cl3N3O3S. The summed E-state index contributed by atoms with van der Waals surface area (Å²) in [4.78, 5) is 24.6. The number of benzene rings is 2. The maximum absolute atomic E-state index is 13.3. The van der Waals surface area contributed by atoms with E-state index in [1.54, 1.807) is 46.8 Å². The first-order valence-corrected chi connectivity index (χ1v) is 13.0. The maximum atomic E-state index is 13.3. The summed E-state index contributed by atoms with van der Waals surface area (Å²) in [6.07, 6.45) is 2.62. The number of halogens is 3. The van der Waals surface area contributed by atoms with Gasteiger partial charge in [-0.2, -0.15) is 16.9 Å². The number of hydrogen-bond acceptors (Lipinski definition) is 5. The first kappa shape index (κ1) is 26.4. The number of amides is 1. The molecule has 0 aliphatic carbocycles. The van der Waals surface area contributed by atoms with Crippen LogP contribution in [-0.2, 0) is 9.53 Å². The molecule has 6 nitrogen and oxygen atoms in total. The average molecular weight is 541 g/mol. The van der Waals surface area contributed by atoms with Crippen molar-refractivity contribution < 1.29 is 14.3 Å². The zero-order valence-electron chi connectivity index (χ0n) is 18.9. The van der Waals surface area contributed by atoms with Crippen molar-refractivity contribution in [3.63, 3.8) is 0 Å². The fraction of sp³-hybridized carbons (Fsp3) is 0.292. The summed E-state index contributed by atoms with van der Waals surface area (Å²) in [5, 5.41) is 9.07. The van der Waals surface area contributed by atoms with Crippen LogP contribution in [0.4, 0.5) is 0 Å². The molecule has 0 saturated carbocycles. The molecule has 0 unspecified atom stereocenters. The number of esters is 1. The van der Waals surface area contributed by atoms with E-state index in [4.69, 9.17) is 39.5 Å². The molecule has 1 amide bonds. The van der Waals surface area contributed by atoms with Crippen molar-refractivity contribution in [3.05, 3.63) is 68.8 Å². The van der Waals surface area contributed by atoms with Crippen LogP contribution in [0.5, 0.6) is 0 Å². The van der Waals surface area contributed by atoms with Crippen LogP contribution in [0, 0.1) is 6.92 Å². The molecule has 1 atom stereocenters. The van der Waals surface area contributed by atoms with E-state index in [2.05, 4.69) is 10.4 Å². The number of ether oxygens (including phenoxy) is 1. The summed E-state index contributed by atoms with van der Waals surface area (Å²) >= 11 is 20.3. The molecule has 3 aromatic rings. The third-order valence-corrected chi connectivity index (χ3v) is 6.52. The van der Waals surface area contributed by atoms with Gasteiger partial charge in [0.05, 0.1) is 22.4 Å². The molecule has 1 aromatic heterocycles. The lowest BCUT2D eigenvalue weighted by Crippen LogP contribution is -2.39. The largest absolute Gasteiger partial charge is 0.464 e. The highest BCUT2D eigenvalue weighted by atomic mass is 35.5. The SMILES string of the molecule is CSCC[C@@H](COC(C)=O)NC(=O)c1nn(-c2ccc(Cl)cc2Cl)c(-c2ccc(Cl)cc2)c1C. The summed E-state index contributed by atoms with van der Waals surface area (Å²) < 4.78 is 6.78. The molecule has 0 radical (unpaired) electrons. The number of carbonyl (C=O) groups is 2. The minimum Gasteiger partial charge on any atom is -0.464 e. The number of nitrogens with one attached hydrogen (secondary N) is 1. The minimum atomic E-state index is -0.397. The lowest BCUT2D eigenvalue weighted by atomic mass is 10.1. The van der Waals surface area contributed by atoms with Crippen LogP contribution in [0.15, 0.2) is 42.5 Å². The molecular weight excluding hydrogens is 517 g/mol. The summed E-state index contributed by atoms with van der Waals surface area (Å²) in [5.41, 5.74) is 3.01. The Morgan fingerprint density at radius 2 is 1.79 bits per heavy atom. The van der Waals surface area contributed by atoms with Gasteiger partial charge < -0.3 is 10.1 Å². The highest BCUT2D eigenvalue weighted by molar-refractivity contribution is 7.98. The lowest BCUT2D eigenvalue weighted by molar-refractivity contribution is -0.141. The molecule has 2 aromatic carbocycles. The Balaban J connectivity index is 2.04.